The van der Waals surface area contributed by atoms with Crippen LogP contribution in [0.15, 0.2) is 49.2 Å². The monoisotopic (exact) mass is 427 g/mol. The van der Waals surface area contributed by atoms with Crippen LogP contribution in [0.5, 0.6) is 11.5 Å². The van der Waals surface area contributed by atoms with E-state index in [0.717, 1.165) is 17.5 Å². The predicted octanol–water partition coefficient (Wildman–Crippen LogP) is 3.44. The molecule has 0 aliphatic rings. The molecule has 0 unspecified atom stereocenters. The van der Waals surface area contributed by atoms with E-state index in [2.05, 4.69) is 20.4 Å². The number of nitrogens with one attached hydrogen (secondary N) is 1. The molecule has 156 valence electrons. The molecule has 0 aliphatic heterocycles. The van der Waals surface area contributed by atoms with Gasteiger partial charge in [-0.05, 0) is 36.3 Å². The number of halogens is 1. The Morgan fingerprint density at radius 1 is 1.37 bits per heavy atom. The maximum absolute atomic E-state index is 12.3. The molecule has 0 saturated carbocycles. The summed E-state index contributed by atoms with van der Waals surface area (Å²) in [6.07, 6.45) is 8.60. The lowest BCUT2D eigenvalue weighted by atomic mass is 10.2. The van der Waals surface area contributed by atoms with Gasteiger partial charge in [-0.2, -0.15) is 5.10 Å². The normalized spacial score (nSPS) is 10.9. The quantitative estimate of drug-likeness (QED) is 0.526. The van der Waals surface area contributed by atoms with E-state index in [1.165, 1.54) is 12.4 Å². The molecule has 1 amide bonds. The van der Waals surface area contributed by atoms with Crippen LogP contribution in [0.4, 0.5) is 0 Å². The lowest BCUT2D eigenvalue weighted by molar-refractivity contribution is -0.116. The number of hydrogen-bond acceptors (Lipinski definition) is 6. The van der Waals surface area contributed by atoms with Gasteiger partial charge < -0.3 is 14.8 Å². The van der Waals surface area contributed by atoms with Crippen molar-refractivity contribution in [1.29, 1.82) is 0 Å². The SMILES string of the molecule is CCCOc1c(Cl)cc(/C=C/C(=O)NCc2cccnc2-n2cncn2)cc1OC. The number of carbonyl (C=O) groups excluding carboxylic acids is 1. The largest absolute Gasteiger partial charge is 0.493 e. The van der Waals surface area contributed by atoms with E-state index >= 15 is 0 Å². The Bertz CT molecular complexity index is 1020. The van der Waals surface area contributed by atoms with Crippen molar-refractivity contribution in [1.82, 2.24) is 25.1 Å². The summed E-state index contributed by atoms with van der Waals surface area (Å²) in [7, 11) is 1.55. The zero-order valence-electron chi connectivity index (χ0n) is 16.7. The lowest BCUT2D eigenvalue weighted by Gasteiger charge is -2.12. The second-order valence-electron chi connectivity index (χ2n) is 6.26. The van der Waals surface area contributed by atoms with Gasteiger partial charge in [-0.1, -0.05) is 24.6 Å². The van der Waals surface area contributed by atoms with E-state index < -0.39 is 0 Å². The highest BCUT2D eigenvalue weighted by Gasteiger charge is 2.11. The van der Waals surface area contributed by atoms with Crippen LogP contribution in [0.3, 0.4) is 0 Å². The number of aromatic nitrogens is 4. The minimum atomic E-state index is -0.259. The maximum atomic E-state index is 12.3. The van der Waals surface area contributed by atoms with E-state index in [4.69, 9.17) is 21.1 Å². The van der Waals surface area contributed by atoms with Crippen molar-refractivity contribution in [3.8, 4) is 17.3 Å². The number of methoxy groups -OCH3 is 1. The fourth-order valence-electron chi connectivity index (χ4n) is 2.69. The zero-order chi connectivity index (χ0) is 21.3. The smallest absolute Gasteiger partial charge is 0.244 e. The number of ether oxygens (including phenoxy) is 2. The van der Waals surface area contributed by atoms with Gasteiger partial charge in [0.1, 0.15) is 12.7 Å². The molecule has 0 atom stereocenters. The van der Waals surface area contributed by atoms with Crippen molar-refractivity contribution in [2.45, 2.75) is 19.9 Å². The van der Waals surface area contributed by atoms with Crippen LogP contribution in [0.1, 0.15) is 24.5 Å². The minimum Gasteiger partial charge on any atom is -0.493 e. The number of hydrogen-bond donors (Lipinski definition) is 1. The van der Waals surface area contributed by atoms with Crippen molar-refractivity contribution in [3.63, 3.8) is 0 Å². The number of amides is 1. The predicted molar refractivity (Wildman–Crippen MR) is 114 cm³/mol. The molecule has 3 rings (SSSR count). The van der Waals surface area contributed by atoms with Crippen LogP contribution in [-0.4, -0.2) is 39.4 Å². The van der Waals surface area contributed by atoms with Crippen LogP contribution >= 0.6 is 11.6 Å². The third-order valence-corrected chi connectivity index (χ3v) is 4.37. The van der Waals surface area contributed by atoms with Gasteiger partial charge in [0.05, 0.1) is 18.7 Å². The summed E-state index contributed by atoms with van der Waals surface area (Å²) < 4.78 is 12.5. The molecule has 0 spiro atoms. The van der Waals surface area contributed by atoms with Crippen molar-refractivity contribution < 1.29 is 14.3 Å². The molecule has 0 bridgehead atoms. The number of rotatable bonds is 9. The summed E-state index contributed by atoms with van der Waals surface area (Å²) in [5.74, 6) is 1.37. The number of pyridine rings is 1. The topological polar surface area (TPSA) is 91.2 Å². The Hall–Kier alpha value is -3.39. The molecule has 30 heavy (non-hydrogen) atoms. The fraction of sp³-hybridized carbons (Fsp3) is 0.238. The summed E-state index contributed by atoms with van der Waals surface area (Å²) >= 11 is 6.31. The van der Waals surface area contributed by atoms with Gasteiger partial charge in [0.2, 0.25) is 5.91 Å². The first kappa shape index (κ1) is 21.3. The molecule has 0 saturated heterocycles. The molecule has 0 fully saturated rings. The Morgan fingerprint density at radius 3 is 2.97 bits per heavy atom. The average molecular weight is 428 g/mol. The van der Waals surface area contributed by atoms with Crippen LogP contribution < -0.4 is 14.8 Å². The van der Waals surface area contributed by atoms with Crippen molar-refractivity contribution in [3.05, 3.63) is 65.3 Å². The van der Waals surface area contributed by atoms with Gasteiger partial charge >= 0.3 is 0 Å². The molecule has 1 N–H and O–H groups in total. The molecule has 9 heteroatoms. The van der Waals surface area contributed by atoms with Gasteiger partial charge in [-0.15, -0.1) is 0 Å². The maximum Gasteiger partial charge on any atom is 0.244 e. The number of nitrogens with zero attached hydrogens (tertiary/aromatic N) is 4. The second kappa shape index (κ2) is 10.4. The van der Waals surface area contributed by atoms with Crippen LogP contribution in [0.2, 0.25) is 5.02 Å². The first-order chi connectivity index (χ1) is 14.6. The average Bonchev–Trinajstić information content (AvgIpc) is 3.30. The molecule has 3 aromatic rings. The minimum absolute atomic E-state index is 0.259. The second-order valence-corrected chi connectivity index (χ2v) is 6.67. The molecule has 2 heterocycles. The number of carbonyl (C=O) groups is 1. The van der Waals surface area contributed by atoms with E-state index in [1.54, 1.807) is 48.6 Å². The molecule has 1 aromatic carbocycles. The molecular weight excluding hydrogens is 406 g/mol. The summed E-state index contributed by atoms with van der Waals surface area (Å²) in [4.78, 5) is 20.5. The van der Waals surface area contributed by atoms with Gasteiger partial charge in [-0.3, -0.25) is 4.79 Å². The summed E-state index contributed by atoms with van der Waals surface area (Å²) in [6.45, 7) is 2.84. The fourth-order valence-corrected chi connectivity index (χ4v) is 2.96. The van der Waals surface area contributed by atoms with Crippen molar-refractivity contribution in [2.24, 2.45) is 0 Å². The standard InChI is InChI=1S/C21H22ClN5O3/c1-3-9-30-20-17(22)10-15(11-18(20)29-2)6-7-19(28)25-12-16-5-4-8-24-21(16)27-14-23-13-26-27/h4-8,10-11,13-14H,3,9,12H2,1-2H3,(H,25,28)/b7-6+. The third kappa shape index (κ3) is 5.36. The molecule has 2 aromatic heterocycles. The summed E-state index contributed by atoms with van der Waals surface area (Å²) in [6, 6.07) is 7.16. The highest BCUT2D eigenvalue weighted by Crippen LogP contribution is 2.36. The van der Waals surface area contributed by atoms with Gasteiger partial charge in [0.15, 0.2) is 17.3 Å². The first-order valence-corrected chi connectivity index (χ1v) is 9.75. The van der Waals surface area contributed by atoms with Crippen molar-refractivity contribution >= 4 is 23.6 Å². The third-order valence-electron chi connectivity index (χ3n) is 4.09. The molecule has 0 radical (unpaired) electrons. The van der Waals surface area contributed by atoms with Gasteiger partial charge in [-0.25, -0.2) is 14.6 Å². The highest BCUT2D eigenvalue weighted by molar-refractivity contribution is 6.32. The van der Waals surface area contributed by atoms with Crippen molar-refractivity contribution in [2.75, 3.05) is 13.7 Å². The van der Waals surface area contributed by atoms with Crippen LogP contribution in [-0.2, 0) is 11.3 Å². The van der Waals surface area contributed by atoms with Crippen LogP contribution in [0, 0.1) is 0 Å². The van der Waals surface area contributed by atoms with E-state index in [0.29, 0.717) is 35.5 Å². The Kier molecular flexibility index (Phi) is 7.40. The molecular formula is C21H22ClN5O3. The molecule has 8 nitrogen and oxygen atoms in total. The lowest BCUT2D eigenvalue weighted by Crippen LogP contribution is -2.21. The zero-order valence-corrected chi connectivity index (χ0v) is 17.5. The van der Waals surface area contributed by atoms with Gasteiger partial charge in [0.25, 0.3) is 0 Å². The number of benzene rings is 1. The Balaban J connectivity index is 1.67. The van der Waals surface area contributed by atoms with E-state index in [1.807, 2.05) is 13.0 Å². The summed E-state index contributed by atoms with van der Waals surface area (Å²) in [5, 5.41) is 7.35. The summed E-state index contributed by atoms with van der Waals surface area (Å²) in [5.41, 5.74) is 1.53. The van der Waals surface area contributed by atoms with E-state index in [-0.39, 0.29) is 5.91 Å². The Labute approximate surface area is 179 Å². The highest BCUT2D eigenvalue weighted by atomic mass is 35.5. The Morgan fingerprint density at radius 2 is 2.23 bits per heavy atom. The van der Waals surface area contributed by atoms with Gasteiger partial charge in [0, 0.05) is 24.4 Å². The van der Waals surface area contributed by atoms with Crippen LogP contribution in [0.25, 0.3) is 11.9 Å². The van der Waals surface area contributed by atoms with E-state index in [9.17, 15) is 4.79 Å². The molecule has 0 aliphatic carbocycles. The first-order valence-electron chi connectivity index (χ1n) is 9.37.